The van der Waals surface area contributed by atoms with Crippen LogP contribution in [0.5, 0.6) is 5.75 Å². The second-order valence-electron chi connectivity index (χ2n) is 5.39. The van der Waals surface area contributed by atoms with Gasteiger partial charge in [-0.05, 0) is 18.9 Å². The van der Waals surface area contributed by atoms with E-state index >= 15 is 0 Å². The van der Waals surface area contributed by atoms with E-state index in [1.54, 1.807) is 12.4 Å². The summed E-state index contributed by atoms with van der Waals surface area (Å²) in [4.78, 5) is 8.56. The molecule has 2 aliphatic rings. The van der Waals surface area contributed by atoms with Crippen LogP contribution in [0.2, 0.25) is 0 Å². The van der Waals surface area contributed by atoms with Crippen molar-refractivity contribution < 1.29 is 9.47 Å². The van der Waals surface area contributed by atoms with Gasteiger partial charge in [0.05, 0.1) is 19.4 Å². The molecule has 1 fully saturated rings. The summed E-state index contributed by atoms with van der Waals surface area (Å²) >= 11 is 0. The SMILES string of the molecule is c1cc(CNC2=NCCCN2)c(OCC2CCOC2)cn1. The van der Waals surface area contributed by atoms with Gasteiger partial charge in [0, 0.05) is 43.9 Å². The van der Waals surface area contributed by atoms with Crippen LogP contribution >= 0.6 is 0 Å². The molecule has 1 unspecified atom stereocenters. The van der Waals surface area contributed by atoms with Crippen LogP contribution in [0.3, 0.4) is 0 Å². The van der Waals surface area contributed by atoms with Crippen molar-refractivity contribution >= 4 is 5.96 Å². The fraction of sp³-hybridized carbons (Fsp3) is 0.600. The van der Waals surface area contributed by atoms with Crippen molar-refractivity contribution in [3.63, 3.8) is 0 Å². The third-order valence-electron chi connectivity index (χ3n) is 3.71. The number of ether oxygens (including phenoxy) is 2. The Labute approximate surface area is 125 Å². The lowest BCUT2D eigenvalue weighted by Crippen LogP contribution is -2.40. The van der Waals surface area contributed by atoms with Crippen LogP contribution < -0.4 is 15.4 Å². The first-order valence-electron chi connectivity index (χ1n) is 7.57. The highest BCUT2D eigenvalue weighted by atomic mass is 16.5. The molecule has 0 aliphatic carbocycles. The maximum absolute atomic E-state index is 5.92. The van der Waals surface area contributed by atoms with Crippen LogP contribution in [0.15, 0.2) is 23.5 Å². The fourth-order valence-corrected chi connectivity index (χ4v) is 2.44. The van der Waals surface area contributed by atoms with Crippen molar-refractivity contribution in [3.8, 4) is 5.75 Å². The lowest BCUT2D eigenvalue weighted by molar-refractivity contribution is 0.166. The number of aliphatic imine (C=N–C) groups is 1. The maximum atomic E-state index is 5.92. The zero-order valence-corrected chi connectivity index (χ0v) is 12.2. The summed E-state index contributed by atoms with van der Waals surface area (Å²) in [7, 11) is 0. The van der Waals surface area contributed by atoms with Gasteiger partial charge in [-0.25, -0.2) is 0 Å². The van der Waals surface area contributed by atoms with Gasteiger partial charge in [-0.2, -0.15) is 0 Å². The van der Waals surface area contributed by atoms with Crippen molar-refractivity contribution in [2.24, 2.45) is 10.9 Å². The van der Waals surface area contributed by atoms with Crippen LogP contribution in [0.25, 0.3) is 0 Å². The summed E-state index contributed by atoms with van der Waals surface area (Å²) in [6.07, 6.45) is 5.74. The average molecular weight is 290 g/mol. The Morgan fingerprint density at radius 1 is 1.48 bits per heavy atom. The topological polar surface area (TPSA) is 67.8 Å². The summed E-state index contributed by atoms with van der Waals surface area (Å²) in [6, 6.07) is 1.98. The van der Waals surface area contributed by atoms with Crippen LogP contribution in [0, 0.1) is 5.92 Å². The van der Waals surface area contributed by atoms with Crippen molar-refractivity contribution in [1.82, 2.24) is 15.6 Å². The highest BCUT2D eigenvalue weighted by Crippen LogP contribution is 2.19. The molecule has 2 aliphatic heterocycles. The summed E-state index contributed by atoms with van der Waals surface area (Å²) in [6.45, 7) is 4.89. The van der Waals surface area contributed by atoms with Gasteiger partial charge < -0.3 is 20.1 Å². The van der Waals surface area contributed by atoms with E-state index in [-0.39, 0.29) is 0 Å². The molecule has 2 N–H and O–H groups in total. The second-order valence-corrected chi connectivity index (χ2v) is 5.39. The van der Waals surface area contributed by atoms with Gasteiger partial charge in [0.25, 0.3) is 0 Å². The average Bonchev–Trinajstić information content (AvgIpc) is 3.06. The number of aromatic nitrogens is 1. The number of rotatable bonds is 5. The Morgan fingerprint density at radius 2 is 2.48 bits per heavy atom. The smallest absolute Gasteiger partial charge is 0.191 e. The van der Waals surface area contributed by atoms with Crippen molar-refractivity contribution in [2.45, 2.75) is 19.4 Å². The normalized spacial score (nSPS) is 21.5. The lowest BCUT2D eigenvalue weighted by atomic mass is 10.1. The molecule has 0 bridgehead atoms. The van der Waals surface area contributed by atoms with E-state index < -0.39 is 0 Å². The number of nitrogens with one attached hydrogen (secondary N) is 2. The minimum Gasteiger partial charge on any atom is -0.491 e. The molecule has 1 saturated heterocycles. The molecule has 21 heavy (non-hydrogen) atoms. The first kappa shape index (κ1) is 14.1. The molecule has 0 spiro atoms. The Hall–Kier alpha value is -1.82. The van der Waals surface area contributed by atoms with Gasteiger partial charge >= 0.3 is 0 Å². The van der Waals surface area contributed by atoms with Crippen LogP contribution in [-0.2, 0) is 11.3 Å². The predicted octanol–water partition coefficient (Wildman–Crippen LogP) is 0.936. The predicted molar refractivity (Wildman–Crippen MR) is 80.4 cm³/mol. The number of nitrogens with zero attached hydrogens (tertiary/aromatic N) is 2. The standard InChI is InChI=1S/C15H22N4O2/c1-4-17-15(18-5-1)19-8-13-2-6-16-9-14(13)21-11-12-3-7-20-10-12/h2,6,9,12H,1,3-5,7-8,10-11H2,(H2,17,18,19). The molecule has 6 heteroatoms. The van der Waals surface area contributed by atoms with Gasteiger partial charge in [-0.1, -0.05) is 0 Å². The van der Waals surface area contributed by atoms with Gasteiger partial charge in [-0.3, -0.25) is 9.98 Å². The maximum Gasteiger partial charge on any atom is 0.191 e. The zero-order chi connectivity index (χ0) is 14.3. The van der Waals surface area contributed by atoms with Crippen molar-refractivity contribution in [1.29, 1.82) is 0 Å². The first-order chi connectivity index (χ1) is 10.4. The molecule has 1 aromatic heterocycles. The first-order valence-corrected chi connectivity index (χ1v) is 7.57. The molecule has 1 atom stereocenters. The Morgan fingerprint density at radius 3 is 3.29 bits per heavy atom. The van der Waals surface area contributed by atoms with E-state index in [1.807, 2.05) is 6.07 Å². The number of hydrogen-bond donors (Lipinski definition) is 2. The van der Waals surface area contributed by atoms with E-state index in [1.165, 1.54) is 0 Å². The lowest BCUT2D eigenvalue weighted by Gasteiger charge is -2.17. The van der Waals surface area contributed by atoms with E-state index in [2.05, 4.69) is 20.6 Å². The van der Waals surface area contributed by atoms with Gasteiger partial charge in [0.15, 0.2) is 5.96 Å². The van der Waals surface area contributed by atoms with E-state index in [0.717, 1.165) is 56.4 Å². The zero-order valence-electron chi connectivity index (χ0n) is 12.2. The third kappa shape index (κ3) is 4.07. The quantitative estimate of drug-likeness (QED) is 0.844. The molecular formula is C15H22N4O2. The van der Waals surface area contributed by atoms with Gasteiger partial charge in [-0.15, -0.1) is 0 Å². The Kier molecular flexibility index (Phi) is 4.89. The van der Waals surface area contributed by atoms with Crippen LogP contribution in [0.4, 0.5) is 0 Å². The number of hydrogen-bond acceptors (Lipinski definition) is 6. The fourth-order valence-electron chi connectivity index (χ4n) is 2.44. The molecule has 0 aromatic carbocycles. The largest absolute Gasteiger partial charge is 0.491 e. The monoisotopic (exact) mass is 290 g/mol. The number of pyridine rings is 1. The minimum atomic E-state index is 0.496. The molecular weight excluding hydrogens is 268 g/mol. The highest BCUT2D eigenvalue weighted by molar-refractivity contribution is 5.80. The summed E-state index contributed by atoms with van der Waals surface area (Å²) in [5.74, 6) is 2.21. The van der Waals surface area contributed by atoms with Gasteiger partial charge in [0.1, 0.15) is 5.75 Å². The summed E-state index contributed by atoms with van der Waals surface area (Å²) in [5.41, 5.74) is 1.10. The molecule has 1 aromatic rings. The summed E-state index contributed by atoms with van der Waals surface area (Å²) < 4.78 is 11.3. The Balaban J connectivity index is 1.55. The van der Waals surface area contributed by atoms with Crippen LogP contribution in [-0.4, -0.2) is 43.9 Å². The Bertz CT molecular complexity index is 486. The van der Waals surface area contributed by atoms with Gasteiger partial charge in [0.2, 0.25) is 0 Å². The second kappa shape index (κ2) is 7.26. The van der Waals surface area contributed by atoms with E-state index in [0.29, 0.717) is 19.1 Å². The molecule has 114 valence electrons. The minimum absolute atomic E-state index is 0.496. The molecule has 3 rings (SSSR count). The molecule has 0 radical (unpaired) electrons. The molecule has 6 nitrogen and oxygen atoms in total. The molecule has 0 saturated carbocycles. The summed E-state index contributed by atoms with van der Waals surface area (Å²) in [5, 5.41) is 6.56. The van der Waals surface area contributed by atoms with E-state index in [4.69, 9.17) is 9.47 Å². The third-order valence-corrected chi connectivity index (χ3v) is 3.71. The number of guanidine groups is 1. The molecule has 0 amide bonds. The molecule has 3 heterocycles. The van der Waals surface area contributed by atoms with E-state index in [9.17, 15) is 0 Å². The van der Waals surface area contributed by atoms with Crippen molar-refractivity contribution in [2.75, 3.05) is 32.9 Å². The van der Waals surface area contributed by atoms with Crippen molar-refractivity contribution in [3.05, 3.63) is 24.0 Å². The van der Waals surface area contributed by atoms with Crippen LogP contribution in [0.1, 0.15) is 18.4 Å². The highest BCUT2D eigenvalue weighted by Gasteiger charge is 2.17.